The number of nitrogens with one attached hydrogen (secondary N) is 2. The Morgan fingerprint density at radius 3 is 2.91 bits per heavy atom. The summed E-state index contributed by atoms with van der Waals surface area (Å²) in [4.78, 5) is 35.0. The van der Waals surface area contributed by atoms with E-state index in [-0.39, 0.29) is 17.5 Å². The molecule has 5 rings (SSSR count). The van der Waals surface area contributed by atoms with Crippen LogP contribution < -0.4 is 10.9 Å². The lowest BCUT2D eigenvalue weighted by Crippen LogP contribution is -2.28. The Balaban J connectivity index is 1.22. The normalized spacial score (nSPS) is 14.4. The lowest BCUT2D eigenvalue weighted by atomic mass is 9.97. The van der Waals surface area contributed by atoms with Crippen molar-refractivity contribution in [3.63, 3.8) is 0 Å². The van der Waals surface area contributed by atoms with Gasteiger partial charge in [0.2, 0.25) is 5.91 Å². The van der Waals surface area contributed by atoms with E-state index in [1.54, 1.807) is 11.3 Å². The van der Waals surface area contributed by atoms with Gasteiger partial charge >= 0.3 is 0 Å². The first-order valence-electron chi connectivity index (χ1n) is 11.0. The molecule has 1 aliphatic carbocycles. The molecule has 0 saturated carbocycles. The number of aryl methyl sites for hydroxylation is 2. The summed E-state index contributed by atoms with van der Waals surface area (Å²) in [5.74, 6) is 1.44. The Kier molecular flexibility index (Phi) is 6.02. The van der Waals surface area contributed by atoms with Gasteiger partial charge in [-0.05, 0) is 54.5 Å². The van der Waals surface area contributed by atoms with Gasteiger partial charge in [0, 0.05) is 4.88 Å². The Hall–Kier alpha value is -2.64. The highest BCUT2D eigenvalue weighted by molar-refractivity contribution is 7.99. The highest BCUT2D eigenvalue weighted by Crippen LogP contribution is 2.33. The van der Waals surface area contributed by atoms with Crippen molar-refractivity contribution in [2.24, 2.45) is 0 Å². The zero-order chi connectivity index (χ0) is 22.1. The van der Waals surface area contributed by atoms with Crippen LogP contribution in [0.25, 0.3) is 21.0 Å². The van der Waals surface area contributed by atoms with Crippen LogP contribution in [0.5, 0.6) is 0 Å². The standard InChI is InChI=1S/C25H25N3O2S2/c1-15(17-11-6-8-16-7-2-3-9-18(16)17)26-22(29)14-31-13-21-27-24(30)23-19-10-4-5-12-20(19)32-25(23)28-21/h2-3,6-9,11,15H,4-5,10,12-14H2,1H3,(H,26,29)(H,27,28,30). The maximum absolute atomic E-state index is 12.7. The lowest BCUT2D eigenvalue weighted by Gasteiger charge is -2.16. The Morgan fingerprint density at radius 2 is 2.00 bits per heavy atom. The van der Waals surface area contributed by atoms with E-state index in [2.05, 4.69) is 34.6 Å². The van der Waals surface area contributed by atoms with Gasteiger partial charge in [0.05, 0.1) is 22.9 Å². The van der Waals surface area contributed by atoms with Gasteiger partial charge in [-0.15, -0.1) is 23.1 Å². The molecule has 0 aliphatic heterocycles. The number of carbonyl (C=O) groups excluding carboxylic acids is 1. The Bertz CT molecular complexity index is 1350. The second-order valence-electron chi connectivity index (χ2n) is 8.25. The zero-order valence-corrected chi connectivity index (χ0v) is 19.6. The summed E-state index contributed by atoms with van der Waals surface area (Å²) < 4.78 is 0. The molecule has 0 fully saturated rings. The van der Waals surface area contributed by atoms with Crippen molar-refractivity contribution >= 4 is 50.0 Å². The fourth-order valence-corrected chi connectivity index (χ4v) is 6.49. The maximum atomic E-state index is 12.7. The minimum Gasteiger partial charge on any atom is -0.349 e. The molecule has 4 aromatic rings. The average molecular weight is 464 g/mol. The fourth-order valence-electron chi connectivity index (χ4n) is 4.51. The van der Waals surface area contributed by atoms with Crippen LogP contribution in [0.15, 0.2) is 47.3 Å². The van der Waals surface area contributed by atoms with Crippen LogP contribution in [-0.4, -0.2) is 21.6 Å². The van der Waals surface area contributed by atoms with Crippen LogP contribution in [0, 0.1) is 0 Å². The Labute approximate surface area is 194 Å². The number of nitrogens with zero attached hydrogens (tertiary/aromatic N) is 1. The molecule has 7 heteroatoms. The van der Waals surface area contributed by atoms with E-state index in [4.69, 9.17) is 4.98 Å². The second kappa shape index (κ2) is 9.08. The van der Waals surface area contributed by atoms with Crippen LogP contribution in [0.2, 0.25) is 0 Å². The summed E-state index contributed by atoms with van der Waals surface area (Å²) in [6.45, 7) is 2.01. The number of hydrogen-bond donors (Lipinski definition) is 2. The second-order valence-corrected chi connectivity index (χ2v) is 10.3. The van der Waals surface area contributed by atoms with Crippen molar-refractivity contribution in [2.75, 3.05) is 5.75 Å². The van der Waals surface area contributed by atoms with E-state index in [1.165, 1.54) is 34.0 Å². The molecular weight excluding hydrogens is 438 g/mol. The number of H-pyrrole nitrogens is 1. The quantitative estimate of drug-likeness (QED) is 0.416. The first-order chi connectivity index (χ1) is 15.6. The van der Waals surface area contributed by atoms with Crippen LogP contribution in [0.3, 0.4) is 0 Å². The van der Waals surface area contributed by atoms with E-state index in [9.17, 15) is 9.59 Å². The zero-order valence-electron chi connectivity index (χ0n) is 17.9. The van der Waals surface area contributed by atoms with E-state index in [0.29, 0.717) is 17.3 Å². The predicted molar refractivity (Wildman–Crippen MR) is 134 cm³/mol. The van der Waals surface area contributed by atoms with Gasteiger partial charge in [0.15, 0.2) is 0 Å². The highest BCUT2D eigenvalue weighted by atomic mass is 32.2. The molecule has 0 bridgehead atoms. The van der Waals surface area contributed by atoms with Gasteiger partial charge in [-0.2, -0.15) is 0 Å². The van der Waals surface area contributed by atoms with Crippen molar-refractivity contribution in [1.82, 2.24) is 15.3 Å². The number of aromatic amines is 1. The third-order valence-corrected chi connectivity index (χ3v) is 8.14. The summed E-state index contributed by atoms with van der Waals surface area (Å²) >= 11 is 3.12. The van der Waals surface area contributed by atoms with Crippen molar-refractivity contribution in [2.45, 2.75) is 44.4 Å². The van der Waals surface area contributed by atoms with Gasteiger partial charge in [0.25, 0.3) is 5.56 Å². The third-order valence-electron chi connectivity index (χ3n) is 6.01. The first kappa shape index (κ1) is 21.2. The molecule has 2 aromatic heterocycles. The SMILES string of the molecule is CC(NC(=O)CSCc1nc2sc3c(c2c(=O)[nH]1)CCCC3)c1cccc2ccccc12. The minimum atomic E-state index is -0.0825. The van der Waals surface area contributed by atoms with Crippen molar-refractivity contribution in [1.29, 1.82) is 0 Å². The smallest absolute Gasteiger partial charge is 0.259 e. The minimum absolute atomic E-state index is 0.0227. The van der Waals surface area contributed by atoms with Crippen molar-refractivity contribution in [3.05, 3.63) is 74.6 Å². The summed E-state index contributed by atoms with van der Waals surface area (Å²) in [5, 5.41) is 6.20. The molecule has 1 amide bonds. The molecule has 0 spiro atoms. The van der Waals surface area contributed by atoms with Gasteiger partial charge in [-0.25, -0.2) is 4.98 Å². The van der Waals surface area contributed by atoms with Crippen LogP contribution in [0.4, 0.5) is 0 Å². The molecule has 5 nitrogen and oxygen atoms in total. The molecule has 1 atom stereocenters. The van der Waals surface area contributed by atoms with Gasteiger partial charge in [-0.3, -0.25) is 9.59 Å². The molecule has 32 heavy (non-hydrogen) atoms. The van der Waals surface area contributed by atoms with Gasteiger partial charge in [-0.1, -0.05) is 42.5 Å². The highest BCUT2D eigenvalue weighted by Gasteiger charge is 2.20. The molecule has 0 saturated heterocycles. The number of amides is 1. The number of carbonyl (C=O) groups is 1. The Morgan fingerprint density at radius 1 is 1.19 bits per heavy atom. The van der Waals surface area contributed by atoms with Crippen molar-refractivity contribution < 1.29 is 4.79 Å². The summed E-state index contributed by atoms with van der Waals surface area (Å²) in [6, 6.07) is 14.3. The predicted octanol–water partition coefficient (Wildman–Crippen LogP) is 5.13. The van der Waals surface area contributed by atoms with E-state index in [0.717, 1.165) is 40.4 Å². The first-order valence-corrected chi connectivity index (χ1v) is 13.0. The molecule has 2 N–H and O–H groups in total. The average Bonchev–Trinajstić information content (AvgIpc) is 3.17. The number of fused-ring (bicyclic) bond motifs is 4. The molecule has 164 valence electrons. The molecule has 2 heterocycles. The van der Waals surface area contributed by atoms with E-state index < -0.39 is 0 Å². The number of thiophene rings is 1. The largest absolute Gasteiger partial charge is 0.349 e. The third kappa shape index (κ3) is 4.19. The van der Waals surface area contributed by atoms with E-state index >= 15 is 0 Å². The number of rotatable bonds is 6. The van der Waals surface area contributed by atoms with Crippen LogP contribution in [0.1, 0.15) is 47.6 Å². The van der Waals surface area contributed by atoms with Gasteiger partial charge in [0.1, 0.15) is 10.7 Å². The lowest BCUT2D eigenvalue weighted by molar-refractivity contribution is -0.119. The van der Waals surface area contributed by atoms with Crippen LogP contribution in [-0.2, 0) is 23.4 Å². The number of benzene rings is 2. The molecule has 2 aromatic carbocycles. The van der Waals surface area contributed by atoms with Gasteiger partial charge < -0.3 is 10.3 Å². The van der Waals surface area contributed by atoms with Crippen molar-refractivity contribution in [3.8, 4) is 0 Å². The maximum Gasteiger partial charge on any atom is 0.259 e. The van der Waals surface area contributed by atoms with E-state index in [1.807, 2.05) is 25.1 Å². The van der Waals surface area contributed by atoms with Crippen LogP contribution >= 0.6 is 23.1 Å². The topological polar surface area (TPSA) is 74.8 Å². The molecule has 0 radical (unpaired) electrons. The summed E-state index contributed by atoms with van der Waals surface area (Å²) in [7, 11) is 0. The molecule has 1 aliphatic rings. The summed E-state index contributed by atoms with van der Waals surface area (Å²) in [5.41, 5.74) is 2.27. The number of hydrogen-bond acceptors (Lipinski definition) is 5. The monoisotopic (exact) mass is 463 g/mol. The number of aromatic nitrogens is 2. The number of thioether (sulfide) groups is 1. The fraction of sp³-hybridized carbons (Fsp3) is 0.320. The summed E-state index contributed by atoms with van der Waals surface area (Å²) in [6.07, 6.45) is 4.35. The molecule has 1 unspecified atom stereocenters. The molecular formula is C25H25N3O2S2.